The standard InChI is InChI=1S/C22H29N3O3S/c1-16-5-3-9-25(12-16)13-18-15-29-22(23-18)24-21(26)17-6-2-7-19(11-17)28-14-20-8-4-10-27-20/h2,6-7,11,15-16,20H,3-5,8-10,12-14H2,1H3,(H,23,24,26). The van der Waals surface area contributed by atoms with Crippen LogP contribution in [0.2, 0.25) is 0 Å². The van der Waals surface area contributed by atoms with Gasteiger partial charge in [0.2, 0.25) is 0 Å². The predicted molar refractivity (Wildman–Crippen MR) is 115 cm³/mol. The molecule has 2 aromatic rings. The Morgan fingerprint density at radius 2 is 2.31 bits per heavy atom. The van der Waals surface area contributed by atoms with E-state index in [1.807, 2.05) is 17.5 Å². The van der Waals surface area contributed by atoms with Crippen LogP contribution in [-0.4, -0.2) is 48.2 Å². The number of hydrogen-bond acceptors (Lipinski definition) is 6. The van der Waals surface area contributed by atoms with Gasteiger partial charge in [0.25, 0.3) is 5.91 Å². The first-order chi connectivity index (χ1) is 14.2. The number of hydrogen-bond donors (Lipinski definition) is 1. The van der Waals surface area contributed by atoms with Gasteiger partial charge in [0.15, 0.2) is 5.13 Å². The minimum Gasteiger partial charge on any atom is -0.491 e. The number of nitrogens with zero attached hydrogens (tertiary/aromatic N) is 2. The number of likely N-dealkylation sites (tertiary alicyclic amines) is 1. The second-order valence-electron chi connectivity index (χ2n) is 8.05. The number of aromatic nitrogens is 1. The molecule has 2 aliphatic rings. The number of carbonyl (C=O) groups excluding carboxylic acids is 1. The maximum Gasteiger partial charge on any atom is 0.257 e. The third kappa shape index (κ3) is 5.78. The van der Waals surface area contributed by atoms with Gasteiger partial charge in [-0.2, -0.15) is 0 Å². The fourth-order valence-electron chi connectivity index (χ4n) is 3.96. The Morgan fingerprint density at radius 3 is 3.14 bits per heavy atom. The molecule has 3 heterocycles. The van der Waals surface area contributed by atoms with Gasteiger partial charge < -0.3 is 9.47 Å². The zero-order valence-electron chi connectivity index (χ0n) is 16.9. The topological polar surface area (TPSA) is 63.7 Å². The second kappa shape index (κ2) is 9.69. The molecule has 6 nitrogen and oxygen atoms in total. The van der Waals surface area contributed by atoms with E-state index >= 15 is 0 Å². The van der Waals surface area contributed by atoms with Gasteiger partial charge >= 0.3 is 0 Å². The third-order valence-corrected chi connectivity index (χ3v) is 6.26. The van der Waals surface area contributed by atoms with E-state index < -0.39 is 0 Å². The molecule has 1 amide bonds. The van der Waals surface area contributed by atoms with Crippen LogP contribution in [0, 0.1) is 5.92 Å². The summed E-state index contributed by atoms with van der Waals surface area (Å²) in [4.78, 5) is 19.7. The summed E-state index contributed by atoms with van der Waals surface area (Å²) in [5.74, 6) is 1.27. The Morgan fingerprint density at radius 1 is 1.38 bits per heavy atom. The van der Waals surface area contributed by atoms with Crippen molar-refractivity contribution in [3.05, 3.63) is 40.9 Å². The first kappa shape index (κ1) is 20.3. The first-order valence-electron chi connectivity index (χ1n) is 10.5. The van der Waals surface area contributed by atoms with Crippen LogP contribution in [0.5, 0.6) is 5.75 Å². The maximum absolute atomic E-state index is 12.6. The Labute approximate surface area is 176 Å². The molecule has 0 bridgehead atoms. The van der Waals surface area contributed by atoms with Gasteiger partial charge in [0, 0.05) is 30.6 Å². The van der Waals surface area contributed by atoms with E-state index in [-0.39, 0.29) is 12.0 Å². The summed E-state index contributed by atoms with van der Waals surface area (Å²) in [6, 6.07) is 7.27. The first-order valence-corrected chi connectivity index (χ1v) is 11.4. The molecule has 0 aliphatic carbocycles. The molecule has 2 fully saturated rings. The molecule has 7 heteroatoms. The van der Waals surface area contributed by atoms with Crippen molar-refractivity contribution in [1.82, 2.24) is 9.88 Å². The van der Waals surface area contributed by atoms with Gasteiger partial charge in [-0.3, -0.25) is 15.0 Å². The zero-order valence-corrected chi connectivity index (χ0v) is 17.7. The Balaban J connectivity index is 1.31. The highest BCUT2D eigenvalue weighted by Crippen LogP contribution is 2.22. The number of anilines is 1. The summed E-state index contributed by atoms with van der Waals surface area (Å²) in [5, 5.41) is 5.60. The Kier molecular flexibility index (Phi) is 6.79. The maximum atomic E-state index is 12.6. The fraction of sp³-hybridized carbons (Fsp3) is 0.545. The molecule has 0 saturated carbocycles. The van der Waals surface area contributed by atoms with Crippen LogP contribution in [0.3, 0.4) is 0 Å². The SMILES string of the molecule is CC1CCCN(Cc2csc(NC(=O)c3cccc(OCC4CCCO4)c3)n2)C1. The van der Waals surface area contributed by atoms with E-state index in [1.165, 1.54) is 24.2 Å². The fourth-order valence-corrected chi connectivity index (χ4v) is 4.65. The monoisotopic (exact) mass is 415 g/mol. The van der Waals surface area contributed by atoms with E-state index in [9.17, 15) is 4.79 Å². The summed E-state index contributed by atoms with van der Waals surface area (Å²) >= 11 is 1.48. The molecular formula is C22H29N3O3S. The van der Waals surface area contributed by atoms with Gasteiger partial charge in [-0.25, -0.2) is 4.98 Å². The summed E-state index contributed by atoms with van der Waals surface area (Å²) < 4.78 is 11.4. The van der Waals surface area contributed by atoms with E-state index in [0.717, 1.165) is 50.7 Å². The molecular weight excluding hydrogens is 386 g/mol. The van der Waals surface area contributed by atoms with Gasteiger partial charge in [0.1, 0.15) is 12.4 Å². The molecule has 29 heavy (non-hydrogen) atoms. The molecule has 2 saturated heterocycles. The average molecular weight is 416 g/mol. The average Bonchev–Trinajstić information content (AvgIpc) is 3.39. The van der Waals surface area contributed by atoms with E-state index in [0.29, 0.717) is 23.1 Å². The molecule has 1 aromatic carbocycles. The zero-order chi connectivity index (χ0) is 20.1. The summed E-state index contributed by atoms with van der Waals surface area (Å²) in [6.45, 7) is 6.74. The molecule has 2 atom stereocenters. The van der Waals surface area contributed by atoms with Crippen LogP contribution in [0.25, 0.3) is 0 Å². The highest BCUT2D eigenvalue weighted by Gasteiger charge is 2.18. The van der Waals surface area contributed by atoms with Gasteiger partial charge in [-0.15, -0.1) is 11.3 Å². The van der Waals surface area contributed by atoms with Crippen molar-refractivity contribution in [1.29, 1.82) is 0 Å². The number of nitrogens with one attached hydrogen (secondary N) is 1. The number of benzene rings is 1. The van der Waals surface area contributed by atoms with Crippen molar-refractivity contribution in [3.63, 3.8) is 0 Å². The molecule has 2 aliphatic heterocycles. The molecule has 2 unspecified atom stereocenters. The van der Waals surface area contributed by atoms with Crippen LogP contribution in [0.1, 0.15) is 48.7 Å². The highest BCUT2D eigenvalue weighted by molar-refractivity contribution is 7.13. The number of rotatable bonds is 7. The largest absolute Gasteiger partial charge is 0.491 e. The summed E-state index contributed by atoms with van der Waals surface area (Å²) in [6.07, 6.45) is 4.83. The molecule has 4 rings (SSSR count). The molecule has 0 radical (unpaired) electrons. The van der Waals surface area contributed by atoms with Crippen molar-refractivity contribution < 1.29 is 14.3 Å². The second-order valence-corrected chi connectivity index (χ2v) is 8.91. The van der Waals surface area contributed by atoms with Crippen molar-refractivity contribution >= 4 is 22.4 Å². The van der Waals surface area contributed by atoms with Crippen molar-refractivity contribution in [2.75, 3.05) is 31.6 Å². The van der Waals surface area contributed by atoms with Gasteiger partial charge in [-0.05, 0) is 56.3 Å². The highest BCUT2D eigenvalue weighted by atomic mass is 32.1. The van der Waals surface area contributed by atoms with E-state index in [2.05, 4.69) is 22.1 Å². The van der Waals surface area contributed by atoms with Gasteiger partial charge in [0.05, 0.1) is 11.8 Å². The Bertz CT molecular complexity index is 819. The van der Waals surface area contributed by atoms with Crippen LogP contribution < -0.4 is 10.1 Å². The number of ether oxygens (including phenoxy) is 2. The number of piperidine rings is 1. The van der Waals surface area contributed by atoms with Crippen LogP contribution in [-0.2, 0) is 11.3 Å². The third-order valence-electron chi connectivity index (χ3n) is 5.46. The van der Waals surface area contributed by atoms with Crippen LogP contribution in [0.4, 0.5) is 5.13 Å². The predicted octanol–water partition coefficient (Wildman–Crippen LogP) is 4.19. The number of thiazole rings is 1. The molecule has 0 spiro atoms. The summed E-state index contributed by atoms with van der Waals surface area (Å²) in [5.41, 5.74) is 1.59. The summed E-state index contributed by atoms with van der Waals surface area (Å²) in [7, 11) is 0. The minimum absolute atomic E-state index is 0.157. The molecule has 1 N–H and O–H groups in total. The lowest BCUT2D eigenvalue weighted by molar-refractivity contribution is 0.0679. The van der Waals surface area contributed by atoms with Crippen molar-refractivity contribution in [2.24, 2.45) is 5.92 Å². The van der Waals surface area contributed by atoms with Crippen LogP contribution in [0.15, 0.2) is 29.6 Å². The van der Waals surface area contributed by atoms with Crippen molar-refractivity contribution in [2.45, 2.75) is 45.3 Å². The van der Waals surface area contributed by atoms with Crippen molar-refractivity contribution in [3.8, 4) is 5.75 Å². The normalized spacial score (nSPS) is 22.5. The lowest BCUT2D eigenvalue weighted by Gasteiger charge is -2.30. The number of amides is 1. The van der Waals surface area contributed by atoms with E-state index in [1.54, 1.807) is 12.1 Å². The smallest absolute Gasteiger partial charge is 0.257 e. The van der Waals surface area contributed by atoms with Crippen LogP contribution >= 0.6 is 11.3 Å². The number of carbonyl (C=O) groups is 1. The Hall–Kier alpha value is -1.96. The minimum atomic E-state index is -0.167. The lowest BCUT2D eigenvalue weighted by Crippen LogP contribution is -2.33. The molecule has 1 aromatic heterocycles. The quantitative estimate of drug-likeness (QED) is 0.735. The molecule has 156 valence electrons. The lowest BCUT2D eigenvalue weighted by atomic mass is 10.0. The van der Waals surface area contributed by atoms with E-state index in [4.69, 9.17) is 9.47 Å². The van der Waals surface area contributed by atoms with Gasteiger partial charge in [-0.1, -0.05) is 13.0 Å².